The van der Waals surface area contributed by atoms with Crippen LogP contribution in [0.15, 0.2) is 48.5 Å². The van der Waals surface area contributed by atoms with Gasteiger partial charge < -0.3 is 15.5 Å². The number of hydrogen-bond acceptors (Lipinski definition) is 3. The monoisotopic (exact) mass is 323 g/mol. The molecule has 1 atom stereocenters. The summed E-state index contributed by atoms with van der Waals surface area (Å²) in [5.41, 5.74) is 3.86. The molecule has 2 aromatic rings. The number of carbonyl (C=O) groups excluding carboxylic acids is 2. The van der Waals surface area contributed by atoms with E-state index in [-0.39, 0.29) is 17.9 Å². The fourth-order valence-electron chi connectivity index (χ4n) is 2.99. The molecule has 2 aromatic carbocycles. The summed E-state index contributed by atoms with van der Waals surface area (Å²) in [4.78, 5) is 25.7. The number of carbonyl (C=O) groups is 2. The molecule has 0 saturated carbocycles. The molecule has 1 heterocycles. The second kappa shape index (κ2) is 6.74. The van der Waals surface area contributed by atoms with Crippen molar-refractivity contribution in [3.63, 3.8) is 0 Å². The van der Waals surface area contributed by atoms with Crippen LogP contribution < -0.4 is 15.5 Å². The zero-order valence-corrected chi connectivity index (χ0v) is 13.9. The standard InChI is InChI=1S/C19H21N3O2/c1-13(22-12-11-15-5-3-4-6-18(15)22)19(24)21-17-9-7-16(8-10-17)20-14(2)23/h3-10,13H,11-12H2,1-2H3,(H,20,23)(H,21,24)/t13-/m0/s1. The zero-order chi connectivity index (χ0) is 17.1. The molecule has 0 bridgehead atoms. The lowest BCUT2D eigenvalue weighted by Gasteiger charge is -2.26. The third kappa shape index (κ3) is 3.40. The number of nitrogens with one attached hydrogen (secondary N) is 2. The summed E-state index contributed by atoms with van der Waals surface area (Å²) >= 11 is 0. The van der Waals surface area contributed by atoms with Crippen LogP contribution in [0.4, 0.5) is 17.1 Å². The van der Waals surface area contributed by atoms with Gasteiger partial charge in [-0.25, -0.2) is 0 Å². The quantitative estimate of drug-likeness (QED) is 0.909. The topological polar surface area (TPSA) is 61.4 Å². The fraction of sp³-hybridized carbons (Fsp3) is 0.263. The lowest BCUT2D eigenvalue weighted by molar-refractivity contribution is -0.117. The van der Waals surface area contributed by atoms with E-state index in [4.69, 9.17) is 0 Å². The number of para-hydroxylation sites is 1. The van der Waals surface area contributed by atoms with Crippen molar-refractivity contribution in [2.24, 2.45) is 0 Å². The number of anilines is 3. The Morgan fingerprint density at radius 1 is 1.00 bits per heavy atom. The molecule has 0 fully saturated rings. The molecular weight excluding hydrogens is 302 g/mol. The summed E-state index contributed by atoms with van der Waals surface area (Å²) in [7, 11) is 0. The lowest BCUT2D eigenvalue weighted by Crippen LogP contribution is -2.41. The van der Waals surface area contributed by atoms with Gasteiger partial charge in [0.15, 0.2) is 0 Å². The molecule has 124 valence electrons. The Morgan fingerprint density at radius 3 is 2.29 bits per heavy atom. The van der Waals surface area contributed by atoms with Crippen LogP contribution in [0, 0.1) is 0 Å². The van der Waals surface area contributed by atoms with Crippen LogP contribution in [0.25, 0.3) is 0 Å². The van der Waals surface area contributed by atoms with Crippen molar-refractivity contribution in [2.75, 3.05) is 22.1 Å². The Balaban J connectivity index is 1.66. The number of rotatable bonds is 4. The van der Waals surface area contributed by atoms with Gasteiger partial charge in [0.25, 0.3) is 0 Å². The first-order valence-electron chi connectivity index (χ1n) is 8.07. The molecule has 0 aromatic heterocycles. The van der Waals surface area contributed by atoms with Crippen molar-refractivity contribution in [1.29, 1.82) is 0 Å². The predicted molar refractivity (Wildman–Crippen MR) is 96.3 cm³/mol. The molecule has 0 radical (unpaired) electrons. The van der Waals surface area contributed by atoms with Gasteiger partial charge in [-0.3, -0.25) is 9.59 Å². The Bertz CT molecular complexity index is 755. The molecule has 5 nitrogen and oxygen atoms in total. The second-order valence-electron chi connectivity index (χ2n) is 6.00. The molecule has 1 aliphatic heterocycles. The first-order chi connectivity index (χ1) is 11.5. The third-order valence-corrected chi connectivity index (χ3v) is 4.24. The average molecular weight is 323 g/mol. The Kier molecular flexibility index (Phi) is 4.51. The minimum atomic E-state index is -0.247. The van der Waals surface area contributed by atoms with Gasteiger partial charge in [0.05, 0.1) is 0 Å². The molecular formula is C19H21N3O2. The summed E-state index contributed by atoms with van der Waals surface area (Å²) < 4.78 is 0. The van der Waals surface area contributed by atoms with E-state index in [1.54, 1.807) is 24.3 Å². The van der Waals surface area contributed by atoms with Gasteiger partial charge in [0.2, 0.25) is 11.8 Å². The van der Waals surface area contributed by atoms with Gasteiger partial charge >= 0.3 is 0 Å². The molecule has 0 saturated heterocycles. The molecule has 24 heavy (non-hydrogen) atoms. The van der Waals surface area contributed by atoms with Crippen LogP contribution in [-0.4, -0.2) is 24.4 Å². The Morgan fingerprint density at radius 2 is 1.62 bits per heavy atom. The van der Waals surface area contributed by atoms with E-state index in [9.17, 15) is 9.59 Å². The molecule has 0 aliphatic carbocycles. The summed E-state index contributed by atoms with van der Waals surface area (Å²) in [6.07, 6.45) is 0.971. The number of hydrogen-bond donors (Lipinski definition) is 2. The van der Waals surface area contributed by atoms with E-state index < -0.39 is 0 Å². The number of fused-ring (bicyclic) bond motifs is 1. The SMILES string of the molecule is CC(=O)Nc1ccc(NC(=O)[C@H](C)N2CCc3ccccc32)cc1. The van der Waals surface area contributed by atoms with Crippen molar-refractivity contribution < 1.29 is 9.59 Å². The van der Waals surface area contributed by atoms with Crippen molar-refractivity contribution in [2.45, 2.75) is 26.3 Å². The first kappa shape index (κ1) is 16.1. The molecule has 0 unspecified atom stereocenters. The van der Waals surface area contributed by atoms with Crippen LogP contribution in [0.5, 0.6) is 0 Å². The van der Waals surface area contributed by atoms with Crippen LogP contribution in [-0.2, 0) is 16.0 Å². The van der Waals surface area contributed by atoms with E-state index in [1.165, 1.54) is 12.5 Å². The number of amides is 2. The smallest absolute Gasteiger partial charge is 0.246 e. The van der Waals surface area contributed by atoms with Crippen LogP contribution >= 0.6 is 0 Å². The van der Waals surface area contributed by atoms with Crippen molar-refractivity contribution in [3.05, 3.63) is 54.1 Å². The third-order valence-electron chi connectivity index (χ3n) is 4.24. The van der Waals surface area contributed by atoms with Crippen LogP contribution in [0.2, 0.25) is 0 Å². The maximum atomic E-state index is 12.5. The summed E-state index contributed by atoms with van der Waals surface area (Å²) in [5.74, 6) is -0.160. The van der Waals surface area contributed by atoms with Crippen molar-refractivity contribution >= 4 is 28.9 Å². The van der Waals surface area contributed by atoms with Gasteiger partial charge in [-0.1, -0.05) is 18.2 Å². The molecule has 5 heteroatoms. The Labute approximate surface area is 141 Å². The highest BCUT2D eigenvalue weighted by atomic mass is 16.2. The average Bonchev–Trinajstić information content (AvgIpc) is 2.99. The van der Waals surface area contributed by atoms with Gasteiger partial charge in [0.1, 0.15) is 6.04 Å². The van der Waals surface area contributed by atoms with E-state index in [2.05, 4.69) is 27.7 Å². The molecule has 1 aliphatic rings. The number of benzene rings is 2. The Hall–Kier alpha value is -2.82. The largest absolute Gasteiger partial charge is 0.359 e. The number of nitrogens with zero attached hydrogens (tertiary/aromatic N) is 1. The highest BCUT2D eigenvalue weighted by Crippen LogP contribution is 2.29. The van der Waals surface area contributed by atoms with E-state index in [0.717, 1.165) is 18.7 Å². The summed E-state index contributed by atoms with van der Waals surface area (Å²) in [6.45, 7) is 4.24. The fourth-order valence-corrected chi connectivity index (χ4v) is 2.99. The van der Waals surface area contributed by atoms with Gasteiger partial charge in [-0.2, -0.15) is 0 Å². The summed E-state index contributed by atoms with van der Waals surface area (Å²) in [5, 5.41) is 5.64. The van der Waals surface area contributed by atoms with Gasteiger partial charge in [-0.05, 0) is 49.2 Å². The normalized spacial score (nSPS) is 14.0. The van der Waals surface area contributed by atoms with E-state index >= 15 is 0 Å². The highest BCUT2D eigenvalue weighted by molar-refractivity contribution is 5.97. The lowest BCUT2D eigenvalue weighted by atomic mass is 10.1. The van der Waals surface area contributed by atoms with E-state index in [1.807, 2.05) is 19.1 Å². The maximum Gasteiger partial charge on any atom is 0.246 e. The van der Waals surface area contributed by atoms with Crippen LogP contribution in [0.1, 0.15) is 19.4 Å². The van der Waals surface area contributed by atoms with Gasteiger partial charge in [-0.15, -0.1) is 0 Å². The minimum Gasteiger partial charge on any atom is -0.359 e. The molecule has 2 amide bonds. The van der Waals surface area contributed by atoms with Gasteiger partial charge in [0, 0.05) is 30.5 Å². The second-order valence-corrected chi connectivity index (χ2v) is 6.00. The molecule has 3 rings (SSSR count). The van der Waals surface area contributed by atoms with Crippen LogP contribution in [0.3, 0.4) is 0 Å². The van der Waals surface area contributed by atoms with Crippen molar-refractivity contribution in [1.82, 2.24) is 0 Å². The zero-order valence-electron chi connectivity index (χ0n) is 13.9. The summed E-state index contributed by atoms with van der Waals surface area (Å²) in [6, 6.07) is 15.1. The maximum absolute atomic E-state index is 12.5. The minimum absolute atomic E-state index is 0.0426. The predicted octanol–water partition coefficient (Wildman–Crippen LogP) is 3.03. The first-order valence-corrected chi connectivity index (χ1v) is 8.07. The highest BCUT2D eigenvalue weighted by Gasteiger charge is 2.27. The molecule has 2 N–H and O–H groups in total. The van der Waals surface area contributed by atoms with E-state index in [0.29, 0.717) is 11.4 Å². The molecule has 0 spiro atoms. The van der Waals surface area contributed by atoms with Crippen molar-refractivity contribution in [3.8, 4) is 0 Å².